The first-order valence-electron chi connectivity index (χ1n) is 6.09. The zero-order valence-electron chi connectivity index (χ0n) is 11.0. The van der Waals surface area contributed by atoms with Gasteiger partial charge in [-0.15, -0.1) is 0 Å². The summed E-state index contributed by atoms with van der Waals surface area (Å²) >= 11 is 3.16. The van der Waals surface area contributed by atoms with Crippen molar-refractivity contribution in [2.75, 3.05) is 5.32 Å². The molecule has 0 aliphatic heterocycles. The van der Waals surface area contributed by atoms with Gasteiger partial charge in [0.05, 0.1) is 0 Å². The normalized spacial score (nSPS) is 10.6. The Morgan fingerprint density at radius 1 is 1.29 bits per heavy atom. The van der Waals surface area contributed by atoms with Crippen LogP contribution in [0.2, 0.25) is 0 Å². The number of nitrogens with one attached hydrogen (secondary N) is 1. The standard InChI is InChI=1S/C14H10BrN3O3/c1-8-16-13(18-21-8)9-3-2-4-10(7-9)17-14(19)11-5-6-12(15)20-11/h2-7H,1H3,(H,17,19). The Morgan fingerprint density at radius 3 is 2.81 bits per heavy atom. The first kappa shape index (κ1) is 13.6. The van der Waals surface area contributed by atoms with Gasteiger partial charge < -0.3 is 14.3 Å². The van der Waals surface area contributed by atoms with E-state index in [2.05, 4.69) is 31.4 Å². The van der Waals surface area contributed by atoms with Gasteiger partial charge in [-0.05, 0) is 40.2 Å². The molecule has 1 aromatic carbocycles. The molecule has 0 atom stereocenters. The topological polar surface area (TPSA) is 81.2 Å². The van der Waals surface area contributed by atoms with E-state index in [0.29, 0.717) is 22.1 Å². The van der Waals surface area contributed by atoms with Crippen LogP contribution in [0.4, 0.5) is 5.69 Å². The molecule has 0 spiro atoms. The van der Waals surface area contributed by atoms with E-state index in [9.17, 15) is 4.79 Å². The van der Waals surface area contributed by atoms with Crippen molar-refractivity contribution >= 4 is 27.5 Å². The summed E-state index contributed by atoms with van der Waals surface area (Å²) in [6.45, 7) is 1.72. The fourth-order valence-electron chi connectivity index (χ4n) is 1.78. The number of rotatable bonds is 3. The van der Waals surface area contributed by atoms with Crippen molar-refractivity contribution in [1.82, 2.24) is 10.1 Å². The SMILES string of the molecule is Cc1nc(-c2cccc(NC(=O)c3ccc(Br)o3)c2)no1. The highest BCUT2D eigenvalue weighted by atomic mass is 79.9. The van der Waals surface area contributed by atoms with Crippen molar-refractivity contribution in [3.63, 3.8) is 0 Å². The van der Waals surface area contributed by atoms with Gasteiger partial charge in [0.1, 0.15) is 0 Å². The van der Waals surface area contributed by atoms with Crippen molar-refractivity contribution in [1.29, 1.82) is 0 Å². The van der Waals surface area contributed by atoms with Gasteiger partial charge in [-0.3, -0.25) is 4.79 Å². The number of halogens is 1. The number of carbonyl (C=O) groups excluding carboxylic acids is 1. The number of furan rings is 1. The molecule has 0 aliphatic carbocycles. The second-order valence-corrected chi connectivity index (χ2v) is 5.06. The summed E-state index contributed by atoms with van der Waals surface area (Å²) in [5.41, 5.74) is 1.37. The summed E-state index contributed by atoms with van der Waals surface area (Å²) in [4.78, 5) is 16.2. The van der Waals surface area contributed by atoms with Crippen LogP contribution in [0.15, 0.2) is 50.0 Å². The number of carbonyl (C=O) groups is 1. The molecule has 0 radical (unpaired) electrons. The molecular formula is C14H10BrN3O3. The maximum atomic E-state index is 12.0. The molecule has 3 aromatic rings. The predicted octanol–water partition coefficient (Wildman–Crippen LogP) is 3.65. The van der Waals surface area contributed by atoms with Gasteiger partial charge >= 0.3 is 0 Å². The molecule has 3 rings (SSSR count). The lowest BCUT2D eigenvalue weighted by Gasteiger charge is -2.04. The van der Waals surface area contributed by atoms with E-state index in [4.69, 9.17) is 8.94 Å². The lowest BCUT2D eigenvalue weighted by molar-refractivity contribution is 0.0995. The second kappa shape index (κ2) is 5.53. The summed E-state index contributed by atoms with van der Waals surface area (Å²) in [7, 11) is 0. The van der Waals surface area contributed by atoms with Crippen LogP contribution >= 0.6 is 15.9 Å². The van der Waals surface area contributed by atoms with E-state index >= 15 is 0 Å². The minimum atomic E-state index is -0.331. The van der Waals surface area contributed by atoms with Gasteiger partial charge in [0, 0.05) is 18.2 Å². The van der Waals surface area contributed by atoms with E-state index in [1.165, 1.54) is 0 Å². The van der Waals surface area contributed by atoms with Crippen molar-refractivity contribution in [3.05, 3.63) is 52.7 Å². The van der Waals surface area contributed by atoms with E-state index in [0.717, 1.165) is 5.56 Å². The third-order valence-electron chi connectivity index (χ3n) is 2.70. The maximum Gasteiger partial charge on any atom is 0.291 e. The Balaban J connectivity index is 1.82. The Labute approximate surface area is 128 Å². The van der Waals surface area contributed by atoms with Crippen LogP contribution in [-0.2, 0) is 0 Å². The van der Waals surface area contributed by atoms with Gasteiger partial charge in [0.2, 0.25) is 11.7 Å². The molecule has 0 saturated carbocycles. The first-order valence-corrected chi connectivity index (χ1v) is 6.88. The quantitative estimate of drug-likeness (QED) is 0.781. The largest absolute Gasteiger partial charge is 0.444 e. The van der Waals surface area contributed by atoms with Crippen LogP contribution in [0.25, 0.3) is 11.4 Å². The number of hydrogen-bond acceptors (Lipinski definition) is 5. The summed E-state index contributed by atoms with van der Waals surface area (Å²) in [6, 6.07) is 10.4. The first-order chi connectivity index (χ1) is 10.1. The second-order valence-electron chi connectivity index (χ2n) is 4.28. The Bertz CT molecular complexity index is 794. The highest BCUT2D eigenvalue weighted by molar-refractivity contribution is 9.10. The molecule has 7 heteroatoms. The van der Waals surface area contributed by atoms with Crippen LogP contribution in [0.5, 0.6) is 0 Å². The molecule has 106 valence electrons. The minimum absolute atomic E-state index is 0.225. The molecule has 21 heavy (non-hydrogen) atoms. The zero-order chi connectivity index (χ0) is 14.8. The maximum absolute atomic E-state index is 12.0. The molecule has 2 heterocycles. The van der Waals surface area contributed by atoms with E-state index in [-0.39, 0.29) is 11.7 Å². The number of nitrogens with zero attached hydrogens (tertiary/aromatic N) is 2. The average Bonchev–Trinajstić information content (AvgIpc) is 3.08. The summed E-state index contributed by atoms with van der Waals surface area (Å²) in [5.74, 6) is 0.856. The van der Waals surface area contributed by atoms with Crippen LogP contribution in [0, 0.1) is 6.92 Å². The fraction of sp³-hybridized carbons (Fsp3) is 0.0714. The van der Waals surface area contributed by atoms with Crippen LogP contribution in [0.1, 0.15) is 16.4 Å². The van der Waals surface area contributed by atoms with Crippen molar-refractivity contribution < 1.29 is 13.7 Å². The molecule has 0 saturated heterocycles. The number of anilines is 1. The van der Waals surface area contributed by atoms with Crippen molar-refractivity contribution in [3.8, 4) is 11.4 Å². The van der Waals surface area contributed by atoms with Crippen molar-refractivity contribution in [2.24, 2.45) is 0 Å². The minimum Gasteiger partial charge on any atom is -0.444 e. The molecule has 0 aliphatic rings. The Morgan fingerprint density at radius 2 is 2.14 bits per heavy atom. The molecule has 0 fully saturated rings. The highest BCUT2D eigenvalue weighted by Gasteiger charge is 2.12. The van der Waals surface area contributed by atoms with Crippen LogP contribution in [-0.4, -0.2) is 16.0 Å². The number of benzene rings is 1. The van der Waals surface area contributed by atoms with E-state index in [1.807, 2.05) is 6.07 Å². The summed E-state index contributed by atoms with van der Waals surface area (Å²) < 4.78 is 10.6. The van der Waals surface area contributed by atoms with E-state index < -0.39 is 0 Å². The van der Waals surface area contributed by atoms with Crippen LogP contribution < -0.4 is 5.32 Å². The number of hydrogen-bond donors (Lipinski definition) is 1. The molecule has 1 amide bonds. The average molecular weight is 348 g/mol. The van der Waals surface area contributed by atoms with Gasteiger partial charge in [-0.1, -0.05) is 17.3 Å². The lowest BCUT2D eigenvalue weighted by Crippen LogP contribution is -2.10. The van der Waals surface area contributed by atoms with Crippen molar-refractivity contribution in [2.45, 2.75) is 6.92 Å². The molecule has 2 aromatic heterocycles. The Kier molecular flexibility index (Phi) is 3.57. The number of aryl methyl sites for hydroxylation is 1. The lowest BCUT2D eigenvalue weighted by atomic mass is 10.2. The van der Waals surface area contributed by atoms with Gasteiger partial charge in [0.15, 0.2) is 10.4 Å². The van der Waals surface area contributed by atoms with Crippen LogP contribution in [0.3, 0.4) is 0 Å². The smallest absolute Gasteiger partial charge is 0.291 e. The Hall–Kier alpha value is -2.41. The van der Waals surface area contributed by atoms with Gasteiger partial charge in [0.25, 0.3) is 5.91 Å². The monoisotopic (exact) mass is 347 g/mol. The fourth-order valence-corrected chi connectivity index (χ4v) is 2.09. The van der Waals surface area contributed by atoms with E-state index in [1.54, 1.807) is 37.3 Å². The highest BCUT2D eigenvalue weighted by Crippen LogP contribution is 2.21. The predicted molar refractivity (Wildman–Crippen MR) is 78.8 cm³/mol. The molecule has 0 bridgehead atoms. The third kappa shape index (κ3) is 3.03. The number of aromatic nitrogens is 2. The number of amides is 1. The summed E-state index contributed by atoms with van der Waals surface area (Å²) in [6.07, 6.45) is 0. The molecule has 0 unspecified atom stereocenters. The zero-order valence-corrected chi connectivity index (χ0v) is 12.5. The molecule has 1 N–H and O–H groups in total. The summed E-state index contributed by atoms with van der Waals surface area (Å²) in [5, 5.41) is 6.59. The van der Waals surface area contributed by atoms with Gasteiger partial charge in [-0.25, -0.2) is 0 Å². The third-order valence-corrected chi connectivity index (χ3v) is 3.13. The van der Waals surface area contributed by atoms with Gasteiger partial charge in [-0.2, -0.15) is 4.98 Å². The molecule has 6 nitrogen and oxygen atoms in total. The molecular weight excluding hydrogens is 338 g/mol.